The second kappa shape index (κ2) is 8.51. The summed E-state index contributed by atoms with van der Waals surface area (Å²) in [6.07, 6.45) is 6.94. The monoisotopic (exact) mass is 503 g/mol. The van der Waals surface area contributed by atoms with Gasteiger partial charge in [-0.1, -0.05) is 11.6 Å². The number of rotatable bonds is 3. The first-order valence-corrected chi connectivity index (χ1v) is 13.3. The first kappa shape index (κ1) is 22.7. The molecule has 2 aliphatic carbocycles. The summed E-state index contributed by atoms with van der Waals surface area (Å²) in [5, 5.41) is 7.39. The standard InChI is InChI=1S/C27H29N5O5/c33-20-5-1-2-10-27(20)11-3-4-16-22(31-37-23(16)27)24-29-21-17(25(34)30-24)8-12-32-18(21)6-7-19(32)26(35)28-15-9-13-36-14-15/h6-7,15H,1-5,8-14H2,(H,28,35)(H,29,30,34)/t15-,27?/m0/s1. The minimum Gasteiger partial charge on any atom is -0.379 e. The number of ketones is 1. The van der Waals surface area contributed by atoms with Crippen LogP contribution >= 0.6 is 0 Å². The fourth-order valence-electron chi connectivity index (χ4n) is 6.68. The van der Waals surface area contributed by atoms with Gasteiger partial charge in [-0.25, -0.2) is 4.98 Å². The summed E-state index contributed by atoms with van der Waals surface area (Å²) in [5.74, 6) is 1.10. The molecule has 5 heterocycles. The van der Waals surface area contributed by atoms with E-state index in [1.165, 1.54) is 0 Å². The molecule has 0 bridgehead atoms. The molecule has 1 spiro atoms. The Bertz CT molecular complexity index is 1480. The molecule has 7 rings (SSSR count). The molecule has 10 heteroatoms. The lowest BCUT2D eigenvalue weighted by atomic mass is 9.64. The Morgan fingerprint density at radius 2 is 1.97 bits per heavy atom. The van der Waals surface area contributed by atoms with Crippen LogP contribution < -0.4 is 10.9 Å². The van der Waals surface area contributed by atoms with Crippen molar-refractivity contribution in [2.45, 2.75) is 75.8 Å². The number of hydrogen-bond acceptors (Lipinski definition) is 7. The van der Waals surface area contributed by atoms with Crippen molar-refractivity contribution in [1.29, 1.82) is 0 Å². The second-order valence-corrected chi connectivity index (χ2v) is 10.7. The largest absolute Gasteiger partial charge is 0.379 e. The number of ether oxygens (including phenoxy) is 1. The minimum absolute atomic E-state index is 0.0137. The van der Waals surface area contributed by atoms with Crippen molar-refractivity contribution in [3.05, 3.63) is 45.1 Å². The molecule has 1 amide bonds. The molecule has 4 aliphatic rings. The Morgan fingerprint density at radius 1 is 1.08 bits per heavy atom. The van der Waals surface area contributed by atoms with Gasteiger partial charge in [0, 0.05) is 30.7 Å². The molecule has 3 aromatic rings. The van der Waals surface area contributed by atoms with E-state index < -0.39 is 5.41 Å². The van der Waals surface area contributed by atoms with E-state index in [0.717, 1.165) is 56.2 Å². The number of amides is 1. The molecular formula is C27H29N5O5. The third kappa shape index (κ3) is 3.45. The van der Waals surface area contributed by atoms with Crippen LogP contribution in [0.15, 0.2) is 21.5 Å². The van der Waals surface area contributed by atoms with E-state index in [0.29, 0.717) is 66.8 Å². The maximum atomic E-state index is 13.2. The van der Waals surface area contributed by atoms with Gasteiger partial charge in [0.05, 0.1) is 29.5 Å². The highest BCUT2D eigenvalue weighted by Crippen LogP contribution is 2.47. The average molecular weight is 504 g/mol. The topological polar surface area (TPSA) is 132 Å². The van der Waals surface area contributed by atoms with Crippen LogP contribution in [0, 0.1) is 0 Å². The minimum atomic E-state index is -0.590. The maximum absolute atomic E-state index is 13.2. The number of fused-ring (bicyclic) bond motifs is 5. The fraction of sp³-hybridized carbons (Fsp3) is 0.519. The van der Waals surface area contributed by atoms with Gasteiger partial charge in [-0.2, -0.15) is 0 Å². The van der Waals surface area contributed by atoms with Crippen molar-refractivity contribution in [3.8, 4) is 22.9 Å². The molecule has 0 aromatic carbocycles. The molecule has 0 radical (unpaired) electrons. The van der Waals surface area contributed by atoms with E-state index in [1.807, 2.05) is 10.6 Å². The number of H-pyrrole nitrogens is 1. The summed E-state index contributed by atoms with van der Waals surface area (Å²) in [7, 11) is 0. The molecule has 3 aromatic heterocycles. The van der Waals surface area contributed by atoms with E-state index in [4.69, 9.17) is 14.2 Å². The molecule has 1 saturated heterocycles. The number of carbonyl (C=O) groups excluding carboxylic acids is 2. The van der Waals surface area contributed by atoms with Crippen LogP contribution in [0.4, 0.5) is 0 Å². The average Bonchev–Trinajstić information content (AvgIpc) is 3.66. The Morgan fingerprint density at radius 3 is 2.81 bits per heavy atom. The van der Waals surface area contributed by atoms with Crippen molar-refractivity contribution in [2.75, 3.05) is 13.2 Å². The third-order valence-electron chi connectivity index (χ3n) is 8.59. The lowest BCUT2D eigenvalue weighted by molar-refractivity contribution is -0.128. The van der Waals surface area contributed by atoms with E-state index in [1.54, 1.807) is 6.07 Å². The number of nitrogens with one attached hydrogen (secondary N) is 2. The summed E-state index contributed by atoms with van der Waals surface area (Å²) in [4.78, 5) is 46.9. The highest BCUT2D eigenvalue weighted by molar-refractivity contribution is 5.94. The predicted molar refractivity (Wildman–Crippen MR) is 132 cm³/mol. The zero-order chi connectivity index (χ0) is 25.1. The Kier molecular flexibility index (Phi) is 5.21. The Balaban J connectivity index is 1.27. The van der Waals surface area contributed by atoms with Gasteiger partial charge in [0.1, 0.15) is 11.5 Å². The molecule has 1 unspecified atom stereocenters. The van der Waals surface area contributed by atoms with E-state index in [-0.39, 0.29) is 23.3 Å². The molecule has 37 heavy (non-hydrogen) atoms. The van der Waals surface area contributed by atoms with Crippen LogP contribution in [-0.4, -0.2) is 50.6 Å². The molecule has 2 N–H and O–H groups in total. The van der Waals surface area contributed by atoms with Gasteiger partial charge in [-0.05, 0) is 57.1 Å². The van der Waals surface area contributed by atoms with Crippen molar-refractivity contribution in [3.63, 3.8) is 0 Å². The summed E-state index contributed by atoms with van der Waals surface area (Å²) in [5.41, 5.74) is 3.03. The van der Waals surface area contributed by atoms with E-state index in [9.17, 15) is 14.4 Å². The number of aromatic nitrogens is 4. The summed E-state index contributed by atoms with van der Waals surface area (Å²) in [6.45, 7) is 1.70. The summed E-state index contributed by atoms with van der Waals surface area (Å²) >= 11 is 0. The second-order valence-electron chi connectivity index (χ2n) is 10.7. The van der Waals surface area contributed by atoms with Crippen molar-refractivity contribution in [2.24, 2.45) is 0 Å². The number of hydrogen-bond donors (Lipinski definition) is 2. The summed E-state index contributed by atoms with van der Waals surface area (Å²) in [6, 6.07) is 3.65. The first-order valence-electron chi connectivity index (χ1n) is 13.3. The van der Waals surface area contributed by atoms with Crippen molar-refractivity contribution >= 4 is 11.7 Å². The summed E-state index contributed by atoms with van der Waals surface area (Å²) < 4.78 is 13.2. The van der Waals surface area contributed by atoms with Gasteiger partial charge in [-0.15, -0.1) is 0 Å². The molecular weight excluding hydrogens is 474 g/mol. The van der Waals surface area contributed by atoms with Gasteiger partial charge in [0.25, 0.3) is 11.5 Å². The number of carbonyl (C=O) groups is 2. The molecule has 1 saturated carbocycles. The Hall–Kier alpha value is -3.53. The molecule has 10 nitrogen and oxygen atoms in total. The number of aromatic amines is 1. The quantitative estimate of drug-likeness (QED) is 0.562. The van der Waals surface area contributed by atoms with Crippen LogP contribution in [0.1, 0.15) is 72.3 Å². The predicted octanol–water partition coefficient (Wildman–Crippen LogP) is 2.69. The van der Waals surface area contributed by atoms with Crippen molar-refractivity contribution < 1.29 is 18.8 Å². The zero-order valence-electron chi connectivity index (χ0n) is 20.6. The van der Waals surface area contributed by atoms with Gasteiger partial charge in [0.2, 0.25) is 0 Å². The molecule has 2 atom stereocenters. The van der Waals surface area contributed by atoms with Gasteiger partial charge < -0.3 is 24.1 Å². The van der Waals surface area contributed by atoms with Gasteiger partial charge in [0.15, 0.2) is 17.3 Å². The van der Waals surface area contributed by atoms with Crippen LogP contribution in [0.25, 0.3) is 22.9 Å². The van der Waals surface area contributed by atoms with Crippen LogP contribution in [0.3, 0.4) is 0 Å². The molecule has 192 valence electrons. The smallest absolute Gasteiger partial charge is 0.268 e. The Labute approximate surface area is 212 Å². The SMILES string of the molecule is O=C(N[C@H]1CCOC1)c1ccc2n1CCc1c-2nc(-c2noc3c2CCCC32CCCCC2=O)[nH]c1=O. The van der Waals surface area contributed by atoms with Crippen molar-refractivity contribution in [1.82, 2.24) is 25.0 Å². The van der Waals surface area contributed by atoms with E-state index >= 15 is 0 Å². The van der Waals surface area contributed by atoms with Gasteiger partial charge >= 0.3 is 0 Å². The van der Waals surface area contributed by atoms with E-state index in [2.05, 4.69) is 15.5 Å². The number of nitrogens with zero attached hydrogens (tertiary/aromatic N) is 3. The first-order chi connectivity index (χ1) is 18.0. The normalized spacial score (nSPS) is 24.5. The van der Waals surface area contributed by atoms with Crippen LogP contribution in [0.5, 0.6) is 0 Å². The molecule has 2 fully saturated rings. The van der Waals surface area contributed by atoms with Crippen LogP contribution in [-0.2, 0) is 34.3 Å². The third-order valence-corrected chi connectivity index (χ3v) is 8.59. The highest BCUT2D eigenvalue weighted by atomic mass is 16.5. The van der Waals surface area contributed by atoms with Crippen LogP contribution in [0.2, 0.25) is 0 Å². The zero-order valence-corrected chi connectivity index (χ0v) is 20.6. The van der Waals surface area contributed by atoms with Gasteiger partial charge in [-0.3, -0.25) is 14.4 Å². The molecule has 2 aliphatic heterocycles. The lowest BCUT2D eigenvalue weighted by Gasteiger charge is -2.36. The maximum Gasteiger partial charge on any atom is 0.268 e. The lowest BCUT2D eigenvalue weighted by Crippen LogP contribution is -2.41. The number of Topliss-reactive ketones (excluding diaryl/α,β-unsaturated/α-hetero) is 1. The highest BCUT2D eigenvalue weighted by Gasteiger charge is 2.48. The fourth-order valence-corrected chi connectivity index (χ4v) is 6.68.